The number of nitrogens with zero attached hydrogens (tertiary/aromatic N) is 1. The van der Waals surface area contributed by atoms with E-state index in [1.54, 1.807) is 6.20 Å². The molecule has 0 spiro atoms. The Morgan fingerprint density at radius 2 is 2.33 bits per heavy atom. The lowest BCUT2D eigenvalue weighted by Crippen LogP contribution is -2.43. The number of carbonyl (C=O) groups is 1. The third-order valence-electron chi connectivity index (χ3n) is 3.42. The molecule has 18 heavy (non-hydrogen) atoms. The third-order valence-corrected chi connectivity index (χ3v) is 4.55. The van der Waals surface area contributed by atoms with Crippen LogP contribution >= 0.6 is 11.3 Å². The van der Waals surface area contributed by atoms with Crippen molar-refractivity contribution >= 4 is 33.1 Å². The highest BCUT2D eigenvalue weighted by Crippen LogP contribution is 2.33. The smallest absolute Gasteiger partial charge is 0.263 e. The number of nitrogens with two attached hydrogens (primary N) is 1. The molecule has 0 saturated heterocycles. The summed E-state index contributed by atoms with van der Waals surface area (Å²) in [6.45, 7) is 2.19. The van der Waals surface area contributed by atoms with Gasteiger partial charge in [-0.05, 0) is 30.9 Å². The van der Waals surface area contributed by atoms with Gasteiger partial charge in [0, 0.05) is 17.6 Å². The van der Waals surface area contributed by atoms with Gasteiger partial charge in [0.2, 0.25) is 0 Å². The van der Waals surface area contributed by atoms with E-state index in [2.05, 4.69) is 17.2 Å². The fraction of sp³-hybridized carbons (Fsp3) is 0.385. The largest absolute Gasteiger partial charge is 0.397 e. The molecule has 0 aromatic carbocycles. The van der Waals surface area contributed by atoms with E-state index in [1.807, 2.05) is 12.1 Å². The normalized spacial score (nSPS) is 22.7. The highest BCUT2D eigenvalue weighted by atomic mass is 32.1. The van der Waals surface area contributed by atoms with E-state index in [4.69, 9.17) is 5.73 Å². The standard InChI is InChI=1S/C13H15N3OS/c1-7-5-8(6-7)16-12(17)11-10(14)9-3-2-4-15-13(9)18-11/h2-4,7-8H,5-6,14H2,1H3,(H,16,17). The molecular weight excluding hydrogens is 246 g/mol. The monoisotopic (exact) mass is 261 g/mol. The molecule has 1 aliphatic carbocycles. The number of hydrogen-bond donors (Lipinski definition) is 2. The molecule has 1 amide bonds. The zero-order valence-electron chi connectivity index (χ0n) is 10.1. The highest BCUT2D eigenvalue weighted by molar-refractivity contribution is 7.21. The second-order valence-electron chi connectivity index (χ2n) is 4.95. The van der Waals surface area contributed by atoms with E-state index in [1.165, 1.54) is 11.3 Å². The Kier molecular flexibility index (Phi) is 2.70. The van der Waals surface area contributed by atoms with Gasteiger partial charge in [-0.15, -0.1) is 11.3 Å². The lowest BCUT2D eigenvalue weighted by Gasteiger charge is -2.33. The summed E-state index contributed by atoms with van der Waals surface area (Å²) in [7, 11) is 0. The first-order valence-corrected chi connectivity index (χ1v) is 6.90. The molecule has 0 atom stereocenters. The maximum Gasteiger partial charge on any atom is 0.263 e. The van der Waals surface area contributed by atoms with Crippen LogP contribution in [0.5, 0.6) is 0 Å². The number of nitrogens with one attached hydrogen (secondary N) is 1. The van der Waals surface area contributed by atoms with Crippen molar-refractivity contribution in [2.45, 2.75) is 25.8 Å². The first-order chi connectivity index (χ1) is 8.65. The number of aromatic nitrogens is 1. The van der Waals surface area contributed by atoms with Crippen molar-refractivity contribution in [2.75, 3.05) is 5.73 Å². The number of anilines is 1. The van der Waals surface area contributed by atoms with Crippen LogP contribution in [-0.4, -0.2) is 16.9 Å². The van der Waals surface area contributed by atoms with E-state index < -0.39 is 0 Å². The summed E-state index contributed by atoms with van der Waals surface area (Å²) in [5.74, 6) is 0.657. The van der Waals surface area contributed by atoms with Gasteiger partial charge in [0.15, 0.2) is 0 Å². The molecule has 4 nitrogen and oxygen atoms in total. The summed E-state index contributed by atoms with van der Waals surface area (Å²) in [4.78, 5) is 17.8. The van der Waals surface area contributed by atoms with Crippen LogP contribution in [0.15, 0.2) is 18.3 Å². The molecule has 2 heterocycles. The van der Waals surface area contributed by atoms with Gasteiger partial charge in [0.1, 0.15) is 9.71 Å². The molecule has 2 aromatic rings. The van der Waals surface area contributed by atoms with Crippen molar-refractivity contribution in [1.29, 1.82) is 0 Å². The summed E-state index contributed by atoms with van der Waals surface area (Å²) >= 11 is 1.36. The van der Waals surface area contributed by atoms with Crippen molar-refractivity contribution in [3.63, 3.8) is 0 Å². The van der Waals surface area contributed by atoms with Gasteiger partial charge >= 0.3 is 0 Å². The molecule has 5 heteroatoms. The minimum Gasteiger partial charge on any atom is -0.397 e. The fourth-order valence-corrected chi connectivity index (χ4v) is 3.36. The average Bonchev–Trinajstić information content (AvgIpc) is 2.66. The molecule has 0 aliphatic heterocycles. The lowest BCUT2D eigenvalue weighted by molar-refractivity contribution is 0.0901. The van der Waals surface area contributed by atoms with Gasteiger partial charge in [-0.2, -0.15) is 0 Å². The van der Waals surface area contributed by atoms with E-state index in [0.29, 0.717) is 16.6 Å². The quantitative estimate of drug-likeness (QED) is 0.872. The zero-order valence-corrected chi connectivity index (χ0v) is 11.0. The van der Waals surface area contributed by atoms with E-state index in [9.17, 15) is 4.79 Å². The van der Waals surface area contributed by atoms with Crippen LogP contribution in [0.2, 0.25) is 0 Å². The predicted octanol–water partition coefficient (Wildman–Crippen LogP) is 2.41. The topological polar surface area (TPSA) is 68.0 Å². The van der Waals surface area contributed by atoms with Crippen LogP contribution in [0.3, 0.4) is 0 Å². The number of hydrogen-bond acceptors (Lipinski definition) is 4. The number of rotatable bonds is 2. The summed E-state index contributed by atoms with van der Waals surface area (Å²) in [6.07, 6.45) is 3.84. The Hall–Kier alpha value is -1.62. The summed E-state index contributed by atoms with van der Waals surface area (Å²) < 4.78 is 0. The second kappa shape index (κ2) is 4.24. The maximum atomic E-state index is 12.1. The molecule has 0 unspecified atom stereocenters. The molecule has 1 aliphatic rings. The molecule has 3 N–H and O–H groups in total. The van der Waals surface area contributed by atoms with E-state index >= 15 is 0 Å². The van der Waals surface area contributed by atoms with Gasteiger partial charge in [-0.25, -0.2) is 4.98 Å². The number of pyridine rings is 1. The van der Waals surface area contributed by atoms with Gasteiger partial charge in [0.05, 0.1) is 5.69 Å². The van der Waals surface area contributed by atoms with Crippen molar-refractivity contribution in [2.24, 2.45) is 5.92 Å². The summed E-state index contributed by atoms with van der Waals surface area (Å²) in [6, 6.07) is 4.04. The molecule has 1 fully saturated rings. The Balaban J connectivity index is 1.85. The Morgan fingerprint density at radius 3 is 3.00 bits per heavy atom. The van der Waals surface area contributed by atoms with Crippen molar-refractivity contribution in [1.82, 2.24) is 10.3 Å². The van der Waals surface area contributed by atoms with Crippen molar-refractivity contribution in [3.05, 3.63) is 23.2 Å². The summed E-state index contributed by atoms with van der Waals surface area (Å²) in [5, 5.41) is 3.90. The van der Waals surface area contributed by atoms with Crippen LogP contribution < -0.4 is 11.1 Å². The van der Waals surface area contributed by atoms with Crippen molar-refractivity contribution < 1.29 is 4.79 Å². The maximum absolute atomic E-state index is 12.1. The first kappa shape index (κ1) is 11.5. The molecular formula is C13H15N3OS. The summed E-state index contributed by atoms with van der Waals surface area (Å²) in [5.41, 5.74) is 6.56. The van der Waals surface area contributed by atoms with Crippen LogP contribution in [-0.2, 0) is 0 Å². The molecule has 0 bridgehead atoms. The SMILES string of the molecule is CC1CC(NC(=O)c2sc3ncccc3c2N)C1. The molecule has 0 radical (unpaired) electrons. The number of carbonyl (C=O) groups excluding carboxylic acids is 1. The van der Waals surface area contributed by atoms with Gasteiger partial charge in [0.25, 0.3) is 5.91 Å². The average molecular weight is 261 g/mol. The van der Waals surface area contributed by atoms with Crippen LogP contribution in [0.1, 0.15) is 29.4 Å². The fourth-order valence-electron chi connectivity index (χ4n) is 2.39. The van der Waals surface area contributed by atoms with Crippen LogP contribution in [0, 0.1) is 5.92 Å². The minimum atomic E-state index is -0.0626. The molecule has 3 rings (SSSR count). The minimum absolute atomic E-state index is 0.0626. The second-order valence-corrected chi connectivity index (χ2v) is 5.95. The Bertz CT molecular complexity index is 601. The van der Waals surface area contributed by atoms with Crippen molar-refractivity contribution in [3.8, 4) is 0 Å². The molecule has 94 valence electrons. The van der Waals surface area contributed by atoms with E-state index in [0.717, 1.165) is 29.0 Å². The number of fused-ring (bicyclic) bond motifs is 1. The van der Waals surface area contributed by atoms with Crippen LogP contribution in [0.25, 0.3) is 10.2 Å². The van der Waals surface area contributed by atoms with Gasteiger partial charge in [-0.3, -0.25) is 4.79 Å². The zero-order chi connectivity index (χ0) is 12.7. The molecule has 1 saturated carbocycles. The van der Waals surface area contributed by atoms with Gasteiger partial charge in [-0.1, -0.05) is 6.92 Å². The predicted molar refractivity (Wildman–Crippen MR) is 73.7 cm³/mol. The number of thiophene rings is 1. The Morgan fingerprint density at radius 1 is 1.56 bits per heavy atom. The first-order valence-electron chi connectivity index (χ1n) is 6.09. The third kappa shape index (κ3) is 1.84. The molecule has 2 aromatic heterocycles. The Labute approximate surface area is 109 Å². The highest BCUT2D eigenvalue weighted by Gasteiger charge is 2.28. The number of nitrogen functional groups attached to an aromatic ring is 1. The van der Waals surface area contributed by atoms with Gasteiger partial charge < -0.3 is 11.1 Å². The van der Waals surface area contributed by atoms with Crippen LogP contribution in [0.4, 0.5) is 5.69 Å². The van der Waals surface area contributed by atoms with E-state index in [-0.39, 0.29) is 5.91 Å². The lowest BCUT2D eigenvalue weighted by atomic mass is 9.82. The number of amides is 1.